The van der Waals surface area contributed by atoms with Crippen molar-refractivity contribution in [2.24, 2.45) is 5.41 Å². The van der Waals surface area contributed by atoms with Crippen LogP contribution in [0, 0.1) is 19.3 Å². The Balaban J connectivity index is 1.64. The number of carbonyl (C=O) groups excluding carboxylic acids is 2. The molecule has 3 aromatic rings. The molecular formula is C28H35N5O2S. The highest BCUT2D eigenvalue weighted by Gasteiger charge is 2.45. The number of aromatic nitrogens is 2. The van der Waals surface area contributed by atoms with E-state index in [1.54, 1.807) is 42.0 Å². The monoisotopic (exact) mass is 505 g/mol. The Bertz CT molecular complexity index is 1270. The second-order valence-corrected chi connectivity index (χ2v) is 10.9. The first-order valence-electron chi connectivity index (χ1n) is 12.4. The number of thiazole rings is 1. The third-order valence-corrected chi connectivity index (χ3v) is 8.01. The number of hydrogen-bond acceptors (Lipinski definition) is 6. The van der Waals surface area contributed by atoms with Crippen LogP contribution in [0.5, 0.6) is 0 Å². The van der Waals surface area contributed by atoms with E-state index in [1.165, 1.54) is 16.0 Å². The molecule has 0 bridgehead atoms. The second kappa shape index (κ2) is 10.5. The van der Waals surface area contributed by atoms with Crippen LogP contribution in [0.15, 0.2) is 42.2 Å². The summed E-state index contributed by atoms with van der Waals surface area (Å²) >= 11 is 1.68. The Kier molecular flexibility index (Phi) is 7.57. The van der Waals surface area contributed by atoms with Crippen LogP contribution in [0.25, 0.3) is 0 Å². The van der Waals surface area contributed by atoms with Gasteiger partial charge in [-0.25, -0.2) is 4.98 Å². The number of anilines is 2. The zero-order valence-corrected chi connectivity index (χ0v) is 22.9. The molecule has 0 fully saturated rings. The molecule has 1 aromatic carbocycles. The Morgan fingerprint density at radius 1 is 1.06 bits per heavy atom. The predicted molar refractivity (Wildman–Crippen MR) is 145 cm³/mol. The number of pyridine rings is 1. The molecule has 0 saturated carbocycles. The third-order valence-electron chi connectivity index (χ3n) is 7.09. The Morgan fingerprint density at radius 2 is 1.83 bits per heavy atom. The van der Waals surface area contributed by atoms with Gasteiger partial charge in [0.1, 0.15) is 5.41 Å². The normalized spacial score (nSPS) is 15.4. The van der Waals surface area contributed by atoms with E-state index < -0.39 is 5.41 Å². The van der Waals surface area contributed by atoms with Crippen molar-refractivity contribution in [3.8, 4) is 0 Å². The Hall–Kier alpha value is -3.10. The number of benzene rings is 1. The van der Waals surface area contributed by atoms with Crippen LogP contribution in [0.2, 0.25) is 0 Å². The molecule has 0 aliphatic carbocycles. The highest BCUT2D eigenvalue weighted by atomic mass is 32.1. The van der Waals surface area contributed by atoms with Gasteiger partial charge < -0.3 is 9.80 Å². The minimum absolute atomic E-state index is 0.164. The quantitative estimate of drug-likeness (QED) is 0.413. The zero-order valence-electron chi connectivity index (χ0n) is 22.0. The van der Waals surface area contributed by atoms with E-state index in [0.717, 1.165) is 48.7 Å². The summed E-state index contributed by atoms with van der Waals surface area (Å²) in [5.41, 5.74) is 7.00. The summed E-state index contributed by atoms with van der Waals surface area (Å²) in [5.74, 6) is -0.353. The highest BCUT2D eigenvalue weighted by Crippen LogP contribution is 2.39. The van der Waals surface area contributed by atoms with E-state index in [0.29, 0.717) is 6.54 Å². The third kappa shape index (κ3) is 5.06. The van der Waals surface area contributed by atoms with Gasteiger partial charge in [-0.15, -0.1) is 11.3 Å². The largest absolute Gasteiger partial charge is 0.313 e. The average Bonchev–Trinajstić information content (AvgIpc) is 3.25. The summed E-state index contributed by atoms with van der Waals surface area (Å²) in [6.07, 6.45) is 4.68. The van der Waals surface area contributed by atoms with Gasteiger partial charge in [0.25, 0.3) is 0 Å². The molecule has 3 heterocycles. The molecule has 0 spiro atoms. The molecule has 0 unspecified atom stereocenters. The van der Waals surface area contributed by atoms with Crippen molar-refractivity contribution in [1.29, 1.82) is 0 Å². The van der Waals surface area contributed by atoms with Crippen molar-refractivity contribution in [3.05, 3.63) is 69.4 Å². The first kappa shape index (κ1) is 26.0. The van der Waals surface area contributed by atoms with Gasteiger partial charge in [0, 0.05) is 50.5 Å². The minimum Gasteiger partial charge on any atom is -0.313 e. The minimum atomic E-state index is -1.11. The lowest BCUT2D eigenvalue weighted by Gasteiger charge is -2.27. The first-order valence-corrected chi connectivity index (χ1v) is 13.2. The van der Waals surface area contributed by atoms with Gasteiger partial charge in [0.05, 0.1) is 22.6 Å². The molecule has 190 valence electrons. The molecule has 8 heteroatoms. The van der Waals surface area contributed by atoms with E-state index in [9.17, 15) is 9.59 Å². The predicted octanol–water partition coefficient (Wildman–Crippen LogP) is 4.76. The standard InChI is InChI=1S/C28H35N5O2S/c1-7-33-23-9-8-21(14-24(23)31(6)26(34)28(4,5)27(33)35)16-32(17-25-20(3)30-18-36-25)13-11-22-15-29-12-10-19(22)2/h8-10,12,14-15,18H,7,11,13,16-17H2,1-6H3. The van der Waals surface area contributed by atoms with Gasteiger partial charge in [-0.05, 0) is 75.9 Å². The molecule has 0 N–H and O–H groups in total. The topological polar surface area (TPSA) is 69.6 Å². The molecule has 1 aliphatic rings. The number of aryl methyl sites for hydroxylation is 2. The molecule has 36 heavy (non-hydrogen) atoms. The molecule has 0 atom stereocenters. The first-order chi connectivity index (χ1) is 17.1. The molecule has 7 nitrogen and oxygen atoms in total. The maximum absolute atomic E-state index is 13.2. The number of nitrogens with zero attached hydrogens (tertiary/aromatic N) is 5. The number of amides is 2. The molecule has 0 saturated heterocycles. The molecule has 0 radical (unpaired) electrons. The fraction of sp³-hybridized carbons (Fsp3) is 0.429. The summed E-state index contributed by atoms with van der Waals surface area (Å²) in [5, 5.41) is 0. The molecule has 4 rings (SSSR count). The van der Waals surface area contributed by atoms with E-state index >= 15 is 0 Å². The molecule has 2 amide bonds. The smallest absolute Gasteiger partial charge is 0.242 e. The summed E-state index contributed by atoms with van der Waals surface area (Å²) < 4.78 is 0. The van der Waals surface area contributed by atoms with Crippen molar-refractivity contribution in [2.45, 2.75) is 54.1 Å². The van der Waals surface area contributed by atoms with E-state index in [2.05, 4.69) is 46.9 Å². The highest BCUT2D eigenvalue weighted by molar-refractivity contribution is 7.09. The summed E-state index contributed by atoms with van der Waals surface area (Å²) in [7, 11) is 1.77. The lowest BCUT2D eigenvalue weighted by molar-refractivity contribution is -0.137. The van der Waals surface area contributed by atoms with E-state index in [-0.39, 0.29) is 11.8 Å². The summed E-state index contributed by atoms with van der Waals surface area (Å²) in [4.78, 5) is 42.2. The van der Waals surface area contributed by atoms with Crippen LogP contribution in [0.3, 0.4) is 0 Å². The number of fused-ring (bicyclic) bond motifs is 1. The van der Waals surface area contributed by atoms with E-state index in [1.807, 2.05) is 30.9 Å². The van der Waals surface area contributed by atoms with Gasteiger partial charge in [-0.1, -0.05) is 6.07 Å². The Labute approximate surface area is 217 Å². The van der Waals surface area contributed by atoms with E-state index in [4.69, 9.17) is 0 Å². The fourth-order valence-electron chi connectivity index (χ4n) is 4.74. The average molecular weight is 506 g/mol. The fourth-order valence-corrected chi connectivity index (χ4v) is 5.55. The SMILES string of the molecule is CCN1C(=O)C(C)(C)C(=O)N(C)c2cc(CN(CCc3cnccc3C)Cc3scnc3C)ccc21. The zero-order chi connectivity index (χ0) is 26.0. The lowest BCUT2D eigenvalue weighted by Crippen LogP contribution is -2.47. The molecule has 1 aliphatic heterocycles. The maximum Gasteiger partial charge on any atom is 0.242 e. The van der Waals surface area contributed by atoms with Crippen LogP contribution < -0.4 is 9.80 Å². The van der Waals surface area contributed by atoms with Crippen LogP contribution >= 0.6 is 11.3 Å². The number of rotatable bonds is 8. The summed E-state index contributed by atoms with van der Waals surface area (Å²) in [6, 6.07) is 8.17. The van der Waals surface area contributed by atoms with Gasteiger partial charge in [0.15, 0.2) is 0 Å². The van der Waals surface area contributed by atoms with Crippen molar-refractivity contribution in [3.63, 3.8) is 0 Å². The second-order valence-electron chi connectivity index (χ2n) is 9.99. The molecule has 2 aromatic heterocycles. The van der Waals surface area contributed by atoms with Crippen LogP contribution in [0.4, 0.5) is 11.4 Å². The van der Waals surface area contributed by atoms with Crippen molar-refractivity contribution in [2.75, 3.05) is 29.9 Å². The van der Waals surface area contributed by atoms with Crippen molar-refractivity contribution in [1.82, 2.24) is 14.9 Å². The van der Waals surface area contributed by atoms with Gasteiger partial charge >= 0.3 is 0 Å². The van der Waals surface area contributed by atoms with Crippen LogP contribution in [-0.2, 0) is 29.1 Å². The summed E-state index contributed by atoms with van der Waals surface area (Å²) in [6.45, 7) is 12.4. The Morgan fingerprint density at radius 3 is 2.50 bits per heavy atom. The van der Waals surface area contributed by atoms with Gasteiger partial charge in [0.2, 0.25) is 11.8 Å². The molecular weight excluding hydrogens is 470 g/mol. The van der Waals surface area contributed by atoms with Gasteiger partial charge in [-0.2, -0.15) is 0 Å². The van der Waals surface area contributed by atoms with Gasteiger partial charge in [-0.3, -0.25) is 19.5 Å². The lowest BCUT2D eigenvalue weighted by atomic mass is 9.90. The maximum atomic E-state index is 13.2. The van der Waals surface area contributed by atoms with Crippen molar-refractivity contribution >= 4 is 34.5 Å². The van der Waals surface area contributed by atoms with Crippen LogP contribution in [0.1, 0.15) is 48.0 Å². The van der Waals surface area contributed by atoms with Crippen LogP contribution in [-0.4, -0.2) is 46.8 Å². The van der Waals surface area contributed by atoms with Crippen molar-refractivity contribution < 1.29 is 9.59 Å². The number of hydrogen-bond donors (Lipinski definition) is 0. The number of carbonyl (C=O) groups is 2.